The van der Waals surface area contributed by atoms with E-state index in [1.807, 2.05) is 47.9 Å². The van der Waals surface area contributed by atoms with Gasteiger partial charge in [-0.3, -0.25) is 14.3 Å². The van der Waals surface area contributed by atoms with Gasteiger partial charge in [0.25, 0.3) is 0 Å². The second-order valence-corrected chi connectivity index (χ2v) is 8.12. The molecule has 2 heterocycles. The van der Waals surface area contributed by atoms with Crippen molar-refractivity contribution in [3.05, 3.63) is 53.8 Å². The van der Waals surface area contributed by atoms with Gasteiger partial charge in [0, 0.05) is 34.7 Å². The van der Waals surface area contributed by atoms with Gasteiger partial charge >= 0.3 is 0 Å². The summed E-state index contributed by atoms with van der Waals surface area (Å²) in [4.78, 5) is 16.3. The Morgan fingerprint density at radius 3 is 2.43 bits per heavy atom. The van der Waals surface area contributed by atoms with E-state index in [0.717, 1.165) is 11.3 Å². The largest absolute Gasteiger partial charge is 0.353 e. The summed E-state index contributed by atoms with van der Waals surface area (Å²) < 4.78 is 1.93. The van der Waals surface area contributed by atoms with Crippen LogP contribution in [0, 0.1) is 5.92 Å². The Labute approximate surface area is 173 Å². The van der Waals surface area contributed by atoms with E-state index in [0.29, 0.717) is 21.9 Å². The lowest BCUT2D eigenvalue weighted by Gasteiger charge is -2.17. The van der Waals surface area contributed by atoms with E-state index in [1.54, 1.807) is 12.4 Å². The van der Waals surface area contributed by atoms with Crippen LogP contribution in [0.2, 0.25) is 5.02 Å². The van der Waals surface area contributed by atoms with Crippen molar-refractivity contribution in [3.8, 4) is 17.1 Å². The minimum Gasteiger partial charge on any atom is -0.353 e. The summed E-state index contributed by atoms with van der Waals surface area (Å²) in [6, 6.07) is 11.3. The summed E-state index contributed by atoms with van der Waals surface area (Å²) in [6.45, 7) is 6.16. The molecule has 0 spiro atoms. The van der Waals surface area contributed by atoms with E-state index in [4.69, 9.17) is 11.6 Å². The van der Waals surface area contributed by atoms with Crippen LogP contribution in [-0.4, -0.2) is 37.5 Å². The number of halogens is 1. The van der Waals surface area contributed by atoms with Crippen molar-refractivity contribution in [2.24, 2.45) is 5.92 Å². The third-order valence-electron chi connectivity index (χ3n) is 4.38. The zero-order valence-electron chi connectivity index (χ0n) is 16.0. The van der Waals surface area contributed by atoms with Gasteiger partial charge in [0.05, 0.1) is 5.75 Å². The molecule has 3 aromatic rings. The predicted molar refractivity (Wildman–Crippen MR) is 113 cm³/mol. The highest BCUT2D eigenvalue weighted by Gasteiger charge is 2.18. The first-order chi connectivity index (χ1) is 13.5. The number of thioether (sulfide) groups is 1. The molecule has 6 nitrogen and oxygen atoms in total. The number of rotatable bonds is 7. The monoisotopic (exact) mass is 415 g/mol. The molecule has 8 heteroatoms. The van der Waals surface area contributed by atoms with Gasteiger partial charge in [-0.2, -0.15) is 0 Å². The Balaban J connectivity index is 1.88. The highest BCUT2D eigenvalue weighted by Crippen LogP contribution is 2.28. The van der Waals surface area contributed by atoms with Crippen LogP contribution in [0.3, 0.4) is 0 Å². The zero-order valence-corrected chi connectivity index (χ0v) is 17.5. The van der Waals surface area contributed by atoms with Gasteiger partial charge in [-0.1, -0.05) is 37.2 Å². The van der Waals surface area contributed by atoms with Crippen LogP contribution in [0.1, 0.15) is 20.8 Å². The summed E-state index contributed by atoms with van der Waals surface area (Å²) in [5.41, 5.74) is 1.77. The van der Waals surface area contributed by atoms with Gasteiger partial charge < -0.3 is 5.32 Å². The van der Waals surface area contributed by atoms with Crippen molar-refractivity contribution in [2.75, 3.05) is 5.75 Å². The maximum absolute atomic E-state index is 12.3. The summed E-state index contributed by atoms with van der Waals surface area (Å²) in [6.07, 6.45) is 3.42. The Bertz CT molecular complexity index is 928. The van der Waals surface area contributed by atoms with E-state index in [2.05, 4.69) is 34.3 Å². The number of pyridine rings is 1. The molecule has 0 bridgehead atoms. The maximum Gasteiger partial charge on any atom is 0.230 e. The van der Waals surface area contributed by atoms with E-state index < -0.39 is 0 Å². The Hall–Kier alpha value is -2.38. The lowest BCUT2D eigenvalue weighted by molar-refractivity contribution is -0.119. The normalized spacial score (nSPS) is 12.2. The van der Waals surface area contributed by atoms with Gasteiger partial charge in [-0.15, -0.1) is 10.2 Å². The topological polar surface area (TPSA) is 72.7 Å². The highest BCUT2D eigenvalue weighted by molar-refractivity contribution is 7.99. The lowest BCUT2D eigenvalue weighted by Crippen LogP contribution is -2.37. The Morgan fingerprint density at radius 2 is 1.79 bits per heavy atom. The Morgan fingerprint density at radius 1 is 1.11 bits per heavy atom. The minimum absolute atomic E-state index is 0.0256. The summed E-state index contributed by atoms with van der Waals surface area (Å²) in [5.74, 6) is 1.30. The molecule has 1 aromatic carbocycles. The first-order valence-electron chi connectivity index (χ1n) is 8.99. The van der Waals surface area contributed by atoms with Crippen molar-refractivity contribution in [1.82, 2.24) is 25.1 Å². The number of hydrogen-bond acceptors (Lipinski definition) is 5. The number of benzene rings is 1. The first-order valence-corrected chi connectivity index (χ1v) is 10.4. The molecule has 146 valence electrons. The fourth-order valence-corrected chi connectivity index (χ4v) is 3.36. The molecule has 1 atom stereocenters. The fourth-order valence-electron chi connectivity index (χ4n) is 2.47. The van der Waals surface area contributed by atoms with Crippen molar-refractivity contribution < 1.29 is 4.79 Å². The van der Waals surface area contributed by atoms with Crippen LogP contribution in [-0.2, 0) is 4.79 Å². The second-order valence-electron chi connectivity index (χ2n) is 6.74. The standard InChI is InChI=1S/C20H22ClN5OS/c1-13(2)14(3)23-18(27)12-28-20-25-24-19(15-8-10-22-11-9-15)26(20)17-6-4-16(21)5-7-17/h4-11,13-14H,12H2,1-3H3,(H,23,27). The van der Waals surface area contributed by atoms with Crippen molar-refractivity contribution in [2.45, 2.75) is 32.0 Å². The number of amides is 1. The number of hydrogen-bond donors (Lipinski definition) is 1. The number of aromatic nitrogens is 4. The van der Waals surface area contributed by atoms with Crippen LogP contribution in [0.4, 0.5) is 0 Å². The molecule has 1 amide bonds. The maximum atomic E-state index is 12.3. The molecule has 0 aliphatic rings. The average molecular weight is 416 g/mol. The quantitative estimate of drug-likeness (QED) is 0.584. The van der Waals surface area contributed by atoms with E-state index >= 15 is 0 Å². The van der Waals surface area contributed by atoms with Gasteiger partial charge in [-0.05, 0) is 49.2 Å². The van der Waals surface area contributed by atoms with E-state index in [9.17, 15) is 4.79 Å². The van der Waals surface area contributed by atoms with Crippen LogP contribution in [0.5, 0.6) is 0 Å². The van der Waals surface area contributed by atoms with Gasteiger partial charge in [0.2, 0.25) is 5.91 Å². The second kappa shape index (κ2) is 9.21. The number of carbonyl (C=O) groups excluding carboxylic acids is 1. The van der Waals surface area contributed by atoms with Crippen molar-refractivity contribution in [3.63, 3.8) is 0 Å². The molecular formula is C20H22ClN5OS. The zero-order chi connectivity index (χ0) is 20.1. The average Bonchev–Trinajstić information content (AvgIpc) is 3.11. The fraction of sp³-hybridized carbons (Fsp3) is 0.300. The van der Waals surface area contributed by atoms with Crippen molar-refractivity contribution >= 4 is 29.3 Å². The van der Waals surface area contributed by atoms with Crippen LogP contribution < -0.4 is 5.32 Å². The number of carbonyl (C=O) groups is 1. The van der Waals surface area contributed by atoms with Gasteiger partial charge in [-0.25, -0.2) is 0 Å². The molecule has 1 N–H and O–H groups in total. The summed E-state index contributed by atoms with van der Waals surface area (Å²) >= 11 is 7.39. The molecule has 0 aliphatic heterocycles. The number of nitrogens with one attached hydrogen (secondary N) is 1. The van der Waals surface area contributed by atoms with Crippen LogP contribution in [0.25, 0.3) is 17.1 Å². The van der Waals surface area contributed by atoms with Gasteiger partial charge in [0.15, 0.2) is 11.0 Å². The summed E-state index contributed by atoms with van der Waals surface area (Å²) in [5, 5.41) is 13.0. The molecular weight excluding hydrogens is 394 g/mol. The third kappa shape index (κ3) is 4.91. The van der Waals surface area contributed by atoms with Gasteiger partial charge in [0.1, 0.15) is 0 Å². The molecule has 2 aromatic heterocycles. The van der Waals surface area contributed by atoms with Crippen LogP contribution >= 0.6 is 23.4 Å². The molecule has 0 fully saturated rings. The molecule has 0 saturated carbocycles. The van der Waals surface area contributed by atoms with Crippen molar-refractivity contribution in [1.29, 1.82) is 0 Å². The molecule has 1 unspecified atom stereocenters. The van der Waals surface area contributed by atoms with E-state index in [-0.39, 0.29) is 17.7 Å². The Kier molecular flexibility index (Phi) is 6.70. The molecule has 28 heavy (non-hydrogen) atoms. The molecule has 0 aliphatic carbocycles. The lowest BCUT2D eigenvalue weighted by atomic mass is 10.1. The molecule has 0 radical (unpaired) electrons. The predicted octanol–water partition coefficient (Wildman–Crippen LogP) is 4.24. The first kappa shape index (κ1) is 20.4. The minimum atomic E-state index is -0.0256. The highest BCUT2D eigenvalue weighted by atomic mass is 35.5. The molecule has 0 saturated heterocycles. The smallest absolute Gasteiger partial charge is 0.230 e. The molecule has 3 rings (SSSR count). The number of nitrogens with zero attached hydrogens (tertiary/aromatic N) is 4. The van der Waals surface area contributed by atoms with Crippen LogP contribution in [0.15, 0.2) is 53.9 Å². The SMILES string of the molecule is CC(C)C(C)NC(=O)CSc1nnc(-c2ccncc2)n1-c1ccc(Cl)cc1. The summed E-state index contributed by atoms with van der Waals surface area (Å²) in [7, 11) is 0. The third-order valence-corrected chi connectivity index (χ3v) is 5.56. The van der Waals surface area contributed by atoms with E-state index in [1.165, 1.54) is 11.8 Å².